The van der Waals surface area contributed by atoms with Gasteiger partial charge in [-0.3, -0.25) is 4.79 Å². The molecule has 0 bridgehead atoms. The fourth-order valence-electron chi connectivity index (χ4n) is 2.66. The lowest BCUT2D eigenvalue weighted by atomic mass is 9.62. The number of hydrogen-bond donors (Lipinski definition) is 0. The third kappa shape index (κ3) is 1.79. The standard InChI is InChI=1S/C12H22O/c1-5-12(9(2)3)7-6-10(4)8-11(12)13/h9-10H,5-8H2,1-4H3/t10-,12+/m0/s1. The lowest BCUT2D eigenvalue weighted by Crippen LogP contribution is -2.40. The van der Waals surface area contributed by atoms with E-state index in [2.05, 4.69) is 27.7 Å². The molecule has 0 amide bonds. The normalized spacial score (nSPS) is 35.5. The number of Topliss-reactive ketones (excluding diaryl/α,β-unsaturated/α-hetero) is 1. The van der Waals surface area contributed by atoms with Gasteiger partial charge in [0, 0.05) is 11.8 Å². The van der Waals surface area contributed by atoms with Crippen LogP contribution in [0.1, 0.15) is 53.4 Å². The Hall–Kier alpha value is -0.330. The summed E-state index contributed by atoms with van der Waals surface area (Å²) in [6.07, 6.45) is 4.18. The van der Waals surface area contributed by atoms with Gasteiger partial charge in [-0.1, -0.05) is 27.7 Å². The molecule has 0 heterocycles. The molecule has 0 spiro atoms. The lowest BCUT2D eigenvalue weighted by Gasteiger charge is -2.40. The third-order valence-corrected chi connectivity index (χ3v) is 3.91. The fourth-order valence-corrected chi connectivity index (χ4v) is 2.66. The van der Waals surface area contributed by atoms with Crippen LogP contribution in [-0.4, -0.2) is 5.78 Å². The van der Waals surface area contributed by atoms with Crippen LogP contribution in [-0.2, 0) is 4.79 Å². The molecule has 0 N–H and O–H groups in total. The molecule has 2 atom stereocenters. The zero-order chi connectivity index (χ0) is 10.1. The van der Waals surface area contributed by atoms with Gasteiger partial charge in [-0.25, -0.2) is 0 Å². The second-order valence-electron chi connectivity index (χ2n) is 4.94. The molecule has 1 nitrogen and oxygen atoms in total. The quantitative estimate of drug-likeness (QED) is 0.639. The number of carbonyl (C=O) groups excluding carboxylic acids is 1. The van der Waals surface area contributed by atoms with Crippen molar-refractivity contribution in [2.45, 2.75) is 53.4 Å². The molecule has 76 valence electrons. The third-order valence-electron chi connectivity index (χ3n) is 3.91. The Balaban J connectivity index is 2.81. The number of ketones is 1. The molecule has 0 unspecified atom stereocenters. The van der Waals surface area contributed by atoms with Crippen molar-refractivity contribution in [3.05, 3.63) is 0 Å². The topological polar surface area (TPSA) is 17.1 Å². The highest BCUT2D eigenvalue weighted by Gasteiger charge is 2.42. The van der Waals surface area contributed by atoms with E-state index < -0.39 is 0 Å². The molecule has 0 radical (unpaired) electrons. The minimum Gasteiger partial charge on any atom is -0.299 e. The van der Waals surface area contributed by atoms with Crippen molar-refractivity contribution in [2.24, 2.45) is 17.3 Å². The molecule has 1 saturated carbocycles. The maximum atomic E-state index is 12.0. The van der Waals surface area contributed by atoms with Crippen LogP contribution in [0.4, 0.5) is 0 Å². The summed E-state index contributed by atoms with van der Waals surface area (Å²) in [5, 5.41) is 0. The molecule has 0 aliphatic heterocycles. The van der Waals surface area contributed by atoms with Gasteiger partial charge in [0.15, 0.2) is 0 Å². The van der Waals surface area contributed by atoms with E-state index >= 15 is 0 Å². The highest BCUT2D eigenvalue weighted by atomic mass is 16.1. The predicted molar refractivity (Wildman–Crippen MR) is 55.6 cm³/mol. The Bertz CT molecular complexity index is 195. The summed E-state index contributed by atoms with van der Waals surface area (Å²) in [6, 6.07) is 0. The first-order chi connectivity index (χ1) is 6.03. The van der Waals surface area contributed by atoms with Crippen LogP contribution < -0.4 is 0 Å². The van der Waals surface area contributed by atoms with E-state index in [0.717, 1.165) is 19.3 Å². The first-order valence-electron chi connectivity index (χ1n) is 5.56. The van der Waals surface area contributed by atoms with Gasteiger partial charge < -0.3 is 0 Å². The average Bonchev–Trinajstić information content (AvgIpc) is 2.04. The average molecular weight is 182 g/mol. The highest BCUT2D eigenvalue weighted by Crippen LogP contribution is 2.44. The van der Waals surface area contributed by atoms with E-state index in [1.165, 1.54) is 6.42 Å². The van der Waals surface area contributed by atoms with E-state index in [4.69, 9.17) is 0 Å². The van der Waals surface area contributed by atoms with E-state index in [0.29, 0.717) is 17.6 Å². The van der Waals surface area contributed by atoms with Gasteiger partial charge in [0.1, 0.15) is 5.78 Å². The molecule has 0 aromatic carbocycles. The van der Waals surface area contributed by atoms with Gasteiger partial charge in [0.25, 0.3) is 0 Å². The van der Waals surface area contributed by atoms with Crippen LogP contribution in [0, 0.1) is 17.3 Å². The Morgan fingerprint density at radius 1 is 1.54 bits per heavy atom. The van der Waals surface area contributed by atoms with Gasteiger partial charge in [-0.2, -0.15) is 0 Å². The van der Waals surface area contributed by atoms with Crippen LogP contribution in [0.2, 0.25) is 0 Å². The maximum absolute atomic E-state index is 12.0. The zero-order valence-electron chi connectivity index (χ0n) is 9.39. The van der Waals surface area contributed by atoms with Crippen molar-refractivity contribution in [3.63, 3.8) is 0 Å². The van der Waals surface area contributed by atoms with Gasteiger partial charge >= 0.3 is 0 Å². The molecule has 1 aliphatic rings. The van der Waals surface area contributed by atoms with Crippen molar-refractivity contribution in [1.82, 2.24) is 0 Å². The molecular formula is C12H22O. The second kappa shape index (κ2) is 3.81. The predicted octanol–water partition coefficient (Wildman–Crippen LogP) is 3.43. The summed E-state index contributed by atoms with van der Waals surface area (Å²) in [4.78, 5) is 12.0. The van der Waals surface area contributed by atoms with Gasteiger partial charge in [0.2, 0.25) is 0 Å². The van der Waals surface area contributed by atoms with Crippen molar-refractivity contribution in [2.75, 3.05) is 0 Å². The first-order valence-corrected chi connectivity index (χ1v) is 5.56. The number of rotatable bonds is 2. The lowest BCUT2D eigenvalue weighted by molar-refractivity contribution is -0.136. The van der Waals surface area contributed by atoms with E-state index in [-0.39, 0.29) is 5.41 Å². The first kappa shape index (κ1) is 10.7. The molecule has 13 heavy (non-hydrogen) atoms. The molecule has 1 aliphatic carbocycles. The number of hydrogen-bond acceptors (Lipinski definition) is 1. The number of carbonyl (C=O) groups is 1. The van der Waals surface area contributed by atoms with Gasteiger partial charge in [-0.05, 0) is 31.1 Å². The molecular weight excluding hydrogens is 160 g/mol. The van der Waals surface area contributed by atoms with E-state index in [9.17, 15) is 4.79 Å². The minimum absolute atomic E-state index is 0.0203. The van der Waals surface area contributed by atoms with Crippen molar-refractivity contribution < 1.29 is 4.79 Å². The van der Waals surface area contributed by atoms with Crippen molar-refractivity contribution >= 4 is 5.78 Å². The highest BCUT2D eigenvalue weighted by molar-refractivity contribution is 5.85. The second-order valence-corrected chi connectivity index (χ2v) is 4.94. The summed E-state index contributed by atoms with van der Waals surface area (Å²) >= 11 is 0. The zero-order valence-corrected chi connectivity index (χ0v) is 9.39. The summed E-state index contributed by atoms with van der Waals surface area (Å²) in [7, 11) is 0. The summed E-state index contributed by atoms with van der Waals surface area (Å²) in [5.41, 5.74) is 0.0203. The van der Waals surface area contributed by atoms with E-state index in [1.54, 1.807) is 0 Å². The largest absolute Gasteiger partial charge is 0.299 e. The molecule has 1 fully saturated rings. The Labute approximate surface area is 81.9 Å². The van der Waals surface area contributed by atoms with Crippen LogP contribution >= 0.6 is 0 Å². The van der Waals surface area contributed by atoms with Crippen molar-refractivity contribution in [3.8, 4) is 0 Å². The Morgan fingerprint density at radius 2 is 2.15 bits per heavy atom. The summed E-state index contributed by atoms with van der Waals surface area (Å²) in [5.74, 6) is 1.65. The molecule has 0 aromatic rings. The monoisotopic (exact) mass is 182 g/mol. The molecule has 0 aromatic heterocycles. The van der Waals surface area contributed by atoms with Crippen LogP contribution in [0.3, 0.4) is 0 Å². The Morgan fingerprint density at radius 3 is 2.54 bits per heavy atom. The summed E-state index contributed by atoms with van der Waals surface area (Å²) < 4.78 is 0. The van der Waals surface area contributed by atoms with Crippen LogP contribution in [0.5, 0.6) is 0 Å². The maximum Gasteiger partial charge on any atom is 0.139 e. The summed E-state index contributed by atoms with van der Waals surface area (Å²) in [6.45, 7) is 8.74. The van der Waals surface area contributed by atoms with Crippen LogP contribution in [0.25, 0.3) is 0 Å². The molecule has 0 saturated heterocycles. The van der Waals surface area contributed by atoms with Crippen molar-refractivity contribution in [1.29, 1.82) is 0 Å². The molecule has 1 rings (SSSR count). The smallest absolute Gasteiger partial charge is 0.139 e. The molecule has 1 heteroatoms. The fraction of sp³-hybridized carbons (Fsp3) is 0.917. The van der Waals surface area contributed by atoms with E-state index in [1.807, 2.05) is 0 Å². The van der Waals surface area contributed by atoms with Crippen LogP contribution in [0.15, 0.2) is 0 Å². The van der Waals surface area contributed by atoms with Gasteiger partial charge in [0.05, 0.1) is 0 Å². The minimum atomic E-state index is 0.0203. The Kier molecular flexibility index (Phi) is 3.15. The van der Waals surface area contributed by atoms with Gasteiger partial charge in [-0.15, -0.1) is 0 Å². The SMILES string of the molecule is CC[C@]1(C(C)C)CC[C@H](C)CC1=O.